The maximum absolute atomic E-state index is 12.2. The summed E-state index contributed by atoms with van der Waals surface area (Å²) in [5.74, 6) is -1.18. The summed E-state index contributed by atoms with van der Waals surface area (Å²) in [7, 11) is 0. The number of hydrogen-bond acceptors (Lipinski definition) is 5. The highest BCUT2D eigenvalue weighted by atomic mass is 16.2. The van der Waals surface area contributed by atoms with E-state index < -0.39 is 11.9 Å². The van der Waals surface area contributed by atoms with E-state index in [4.69, 9.17) is 0 Å². The molecule has 0 aromatic heterocycles. The number of benzene rings is 1. The monoisotopic (exact) mass is 328 g/mol. The Morgan fingerprint density at radius 2 is 2.12 bits per heavy atom. The maximum Gasteiger partial charge on any atom is 0.249 e. The van der Waals surface area contributed by atoms with Crippen molar-refractivity contribution in [2.45, 2.75) is 32.4 Å². The predicted octanol–water partition coefficient (Wildman–Crippen LogP) is 0.929. The standard InChI is InChI=1S/C17H20N4O3/c1-12(10-21(18-2)11-13-6-4-3-5-7-13)16(23)19-14-8-9-15(22)20-17(14)24/h3-7,10,14H,2,8-9,11H2,1H3,(H,19,23)(H,20,22,24)/b12-10+. The van der Waals surface area contributed by atoms with Crippen LogP contribution in [-0.2, 0) is 20.9 Å². The Morgan fingerprint density at radius 3 is 2.75 bits per heavy atom. The van der Waals surface area contributed by atoms with Gasteiger partial charge in [-0.2, -0.15) is 5.10 Å². The van der Waals surface area contributed by atoms with Crippen LogP contribution >= 0.6 is 0 Å². The van der Waals surface area contributed by atoms with Gasteiger partial charge in [0, 0.05) is 24.9 Å². The molecule has 0 radical (unpaired) electrons. The molecule has 2 rings (SSSR count). The molecular formula is C17H20N4O3. The van der Waals surface area contributed by atoms with Crippen LogP contribution in [0, 0.1) is 0 Å². The molecule has 126 valence electrons. The molecule has 0 bridgehead atoms. The molecule has 1 atom stereocenters. The number of piperidine rings is 1. The van der Waals surface area contributed by atoms with Crippen LogP contribution in [0.4, 0.5) is 0 Å². The van der Waals surface area contributed by atoms with Crippen LogP contribution in [0.25, 0.3) is 0 Å². The molecule has 0 saturated carbocycles. The van der Waals surface area contributed by atoms with E-state index >= 15 is 0 Å². The summed E-state index contributed by atoms with van der Waals surface area (Å²) in [5.41, 5.74) is 1.42. The molecule has 0 spiro atoms. The number of hydrazone groups is 1. The van der Waals surface area contributed by atoms with Crippen molar-refractivity contribution in [3.05, 3.63) is 47.7 Å². The molecule has 1 saturated heterocycles. The Labute approximate surface area is 140 Å². The Hall–Kier alpha value is -2.96. The summed E-state index contributed by atoms with van der Waals surface area (Å²) < 4.78 is 0. The number of nitrogens with zero attached hydrogens (tertiary/aromatic N) is 2. The summed E-state index contributed by atoms with van der Waals surface area (Å²) in [4.78, 5) is 35.0. The quantitative estimate of drug-likeness (QED) is 0.352. The van der Waals surface area contributed by atoms with Gasteiger partial charge in [0.2, 0.25) is 17.7 Å². The van der Waals surface area contributed by atoms with E-state index in [1.807, 2.05) is 30.3 Å². The largest absolute Gasteiger partial charge is 0.340 e. The fourth-order valence-electron chi connectivity index (χ4n) is 2.29. The minimum absolute atomic E-state index is 0.216. The van der Waals surface area contributed by atoms with Crippen LogP contribution in [-0.4, -0.2) is 35.5 Å². The van der Waals surface area contributed by atoms with Crippen LogP contribution in [0.15, 0.2) is 47.2 Å². The molecule has 2 N–H and O–H groups in total. The zero-order chi connectivity index (χ0) is 17.5. The van der Waals surface area contributed by atoms with Crippen molar-refractivity contribution >= 4 is 24.4 Å². The van der Waals surface area contributed by atoms with Crippen LogP contribution < -0.4 is 10.6 Å². The van der Waals surface area contributed by atoms with E-state index in [9.17, 15) is 14.4 Å². The smallest absolute Gasteiger partial charge is 0.249 e. The average molecular weight is 328 g/mol. The van der Waals surface area contributed by atoms with Gasteiger partial charge in [0.15, 0.2) is 0 Å². The molecule has 1 fully saturated rings. The number of hydrogen-bond donors (Lipinski definition) is 2. The van der Waals surface area contributed by atoms with E-state index in [0.717, 1.165) is 5.56 Å². The highest BCUT2D eigenvalue weighted by Gasteiger charge is 2.28. The van der Waals surface area contributed by atoms with Gasteiger partial charge in [-0.15, -0.1) is 0 Å². The van der Waals surface area contributed by atoms with Gasteiger partial charge in [-0.3, -0.25) is 24.7 Å². The zero-order valence-electron chi connectivity index (χ0n) is 13.5. The summed E-state index contributed by atoms with van der Waals surface area (Å²) >= 11 is 0. The van der Waals surface area contributed by atoms with Crippen LogP contribution in [0.1, 0.15) is 25.3 Å². The fraction of sp³-hybridized carbons (Fsp3) is 0.294. The van der Waals surface area contributed by atoms with E-state index in [1.54, 1.807) is 18.1 Å². The molecule has 1 unspecified atom stereocenters. The Morgan fingerprint density at radius 1 is 1.42 bits per heavy atom. The van der Waals surface area contributed by atoms with Crippen molar-refractivity contribution in [2.24, 2.45) is 5.10 Å². The molecule has 7 heteroatoms. The summed E-state index contributed by atoms with van der Waals surface area (Å²) in [6, 6.07) is 8.96. The summed E-state index contributed by atoms with van der Waals surface area (Å²) in [5, 5.41) is 10.3. The first-order chi connectivity index (χ1) is 11.5. The third kappa shape index (κ3) is 4.77. The fourth-order valence-corrected chi connectivity index (χ4v) is 2.29. The van der Waals surface area contributed by atoms with Gasteiger partial charge in [-0.1, -0.05) is 30.3 Å². The first kappa shape index (κ1) is 17.4. The lowest BCUT2D eigenvalue weighted by Crippen LogP contribution is -2.52. The molecule has 7 nitrogen and oxygen atoms in total. The third-order valence-electron chi connectivity index (χ3n) is 3.61. The average Bonchev–Trinajstić information content (AvgIpc) is 2.57. The highest BCUT2D eigenvalue weighted by Crippen LogP contribution is 2.09. The Bertz CT molecular complexity index is 670. The van der Waals surface area contributed by atoms with E-state index in [0.29, 0.717) is 18.5 Å². The lowest BCUT2D eigenvalue weighted by molar-refractivity contribution is -0.136. The van der Waals surface area contributed by atoms with E-state index in [-0.39, 0.29) is 18.2 Å². The molecule has 1 aliphatic heterocycles. The van der Waals surface area contributed by atoms with E-state index in [2.05, 4.69) is 22.5 Å². The van der Waals surface area contributed by atoms with Crippen molar-refractivity contribution < 1.29 is 14.4 Å². The number of carbonyl (C=O) groups excluding carboxylic acids is 3. The molecule has 3 amide bonds. The second-order valence-corrected chi connectivity index (χ2v) is 5.51. The molecule has 1 heterocycles. The summed E-state index contributed by atoms with van der Waals surface area (Å²) in [6.07, 6.45) is 2.09. The second-order valence-electron chi connectivity index (χ2n) is 5.51. The van der Waals surface area contributed by atoms with Crippen LogP contribution in [0.3, 0.4) is 0 Å². The van der Waals surface area contributed by atoms with Gasteiger partial charge in [0.05, 0.1) is 6.54 Å². The van der Waals surface area contributed by atoms with Crippen molar-refractivity contribution in [3.8, 4) is 0 Å². The lowest BCUT2D eigenvalue weighted by Gasteiger charge is -2.22. The molecule has 1 aromatic carbocycles. The summed E-state index contributed by atoms with van der Waals surface area (Å²) in [6.45, 7) is 5.61. The van der Waals surface area contributed by atoms with Crippen molar-refractivity contribution in [1.29, 1.82) is 0 Å². The SMILES string of the molecule is C=NN(/C=C(\C)C(=O)NC1CCC(=O)NC1=O)Cc1ccccc1. The highest BCUT2D eigenvalue weighted by molar-refractivity contribution is 6.03. The van der Waals surface area contributed by atoms with Gasteiger partial charge < -0.3 is 5.32 Å². The molecule has 1 aromatic rings. The predicted molar refractivity (Wildman–Crippen MR) is 89.6 cm³/mol. The zero-order valence-corrected chi connectivity index (χ0v) is 13.5. The molecule has 24 heavy (non-hydrogen) atoms. The van der Waals surface area contributed by atoms with Gasteiger partial charge >= 0.3 is 0 Å². The van der Waals surface area contributed by atoms with Crippen LogP contribution in [0.2, 0.25) is 0 Å². The normalized spacial score (nSPS) is 17.9. The minimum Gasteiger partial charge on any atom is -0.340 e. The number of carbonyl (C=O) groups is 3. The van der Waals surface area contributed by atoms with Crippen molar-refractivity contribution in [1.82, 2.24) is 15.6 Å². The lowest BCUT2D eigenvalue weighted by atomic mass is 10.1. The molecule has 0 aliphatic carbocycles. The van der Waals surface area contributed by atoms with E-state index in [1.165, 1.54) is 0 Å². The van der Waals surface area contributed by atoms with Gasteiger partial charge in [0.25, 0.3) is 0 Å². The third-order valence-corrected chi connectivity index (χ3v) is 3.61. The van der Waals surface area contributed by atoms with Gasteiger partial charge in [-0.25, -0.2) is 0 Å². The van der Waals surface area contributed by atoms with Gasteiger partial charge in [0.1, 0.15) is 6.04 Å². The first-order valence-corrected chi connectivity index (χ1v) is 7.60. The Balaban J connectivity index is 1.97. The van der Waals surface area contributed by atoms with Crippen molar-refractivity contribution in [2.75, 3.05) is 0 Å². The number of rotatable bonds is 6. The first-order valence-electron chi connectivity index (χ1n) is 7.60. The molecule has 1 aliphatic rings. The molecular weight excluding hydrogens is 308 g/mol. The van der Waals surface area contributed by atoms with Crippen molar-refractivity contribution in [3.63, 3.8) is 0 Å². The maximum atomic E-state index is 12.2. The Kier molecular flexibility index (Phi) is 5.83. The minimum atomic E-state index is -0.696. The number of nitrogens with one attached hydrogen (secondary N) is 2. The van der Waals surface area contributed by atoms with Crippen LogP contribution in [0.5, 0.6) is 0 Å². The number of imide groups is 1. The number of amides is 3. The topological polar surface area (TPSA) is 90.9 Å². The van der Waals surface area contributed by atoms with Gasteiger partial charge in [-0.05, 0) is 18.9 Å². The second kappa shape index (κ2) is 8.05.